The van der Waals surface area contributed by atoms with Crippen LogP contribution in [-0.2, 0) is 6.42 Å². The van der Waals surface area contributed by atoms with Crippen molar-refractivity contribution < 1.29 is 0 Å². The summed E-state index contributed by atoms with van der Waals surface area (Å²) in [4.78, 5) is 2.64. The third-order valence-corrected chi connectivity index (χ3v) is 5.50. The van der Waals surface area contributed by atoms with Crippen LogP contribution >= 0.6 is 0 Å². The Kier molecular flexibility index (Phi) is 2.99. The Hall–Kier alpha value is -1.02. The van der Waals surface area contributed by atoms with Crippen molar-refractivity contribution in [3.63, 3.8) is 0 Å². The van der Waals surface area contributed by atoms with Crippen LogP contribution in [-0.4, -0.2) is 25.7 Å². The lowest BCUT2D eigenvalue weighted by molar-refractivity contribution is 0.406. The van der Waals surface area contributed by atoms with Crippen LogP contribution in [0.15, 0.2) is 24.3 Å². The van der Waals surface area contributed by atoms with Crippen molar-refractivity contribution in [1.29, 1.82) is 0 Å². The lowest BCUT2D eigenvalue weighted by Crippen LogP contribution is -2.42. The van der Waals surface area contributed by atoms with E-state index in [0.29, 0.717) is 0 Å². The molecule has 1 aromatic rings. The van der Waals surface area contributed by atoms with E-state index in [1.165, 1.54) is 57.4 Å². The molecule has 0 amide bonds. The van der Waals surface area contributed by atoms with Crippen molar-refractivity contribution in [2.45, 2.75) is 38.1 Å². The van der Waals surface area contributed by atoms with Crippen LogP contribution < -0.4 is 10.2 Å². The minimum Gasteiger partial charge on any atom is -0.370 e. The number of fused-ring (bicyclic) bond motifs is 2. The SMILES string of the molecule is c1ccc2c(c1)CCCN2CC1NCC2CCCC21. The summed E-state index contributed by atoms with van der Waals surface area (Å²) >= 11 is 0. The molecule has 2 heteroatoms. The van der Waals surface area contributed by atoms with Gasteiger partial charge in [-0.3, -0.25) is 0 Å². The first-order valence-electron chi connectivity index (χ1n) is 7.98. The van der Waals surface area contributed by atoms with Gasteiger partial charge in [0.2, 0.25) is 0 Å². The number of aryl methyl sites for hydroxylation is 1. The van der Waals surface area contributed by atoms with Gasteiger partial charge in [0, 0.05) is 24.8 Å². The van der Waals surface area contributed by atoms with Crippen LogP contribution in [0.5, 0.6) is 0 Å². The topological polar surface area (TPSA) is 15.3 Å². The Morgan fingerprint density at radius 3 is 3.11 bits per heavy atom. The van der Waals surface area contributed by atoms with Gasteiger partial charge >= 0.3 is 0 Å². The van der Waals surface area contributed by atoms with Crippen LogP contribution in [0.25, 0.3) is 0 Å². The normalized spacial score (nSPS) is 33.3. The molecular weight excluding hydrogens is 232 g/mol. The summed E-state index contributed by atoms with van der Waals surface area (Å²) in [6, 6.07) is 9.73. The zero-order valence-electron chi connectivity index (χ0n) is 11.6. The maximum atomic E-state index is 3.80. The molecule has 2 fully saturated rings. The molecule has 0 spiro atoms. The van der Waals surface area contributed by atoms with Crippen LogP contribution in [0.3, 0.4) is 0 Å². The number of benzene rings is 1. The standard InChI is InChI=1S/C17H24N2/c1-2-9-17-13(5-1)7-4-10-19(17)12-16-15-8-3-6-14(15)11-18-16/h1-2,5,9,14-16,18H,3-4,6-8,10-12H2. The van der Waals surface area contributed by atoms with Gasteiger partial charge in [0.05, 0.1) is 0 Å². The van der Waals surface area contributed by atoms with Crippen molar-refractivity contribution >= 4 is 5.69 Å². The molecule has 4 rings (SSSR count). The highest BCUT2D eigenvalue weighted by Crippen LogP contribution is 2.38. The van der Waals surface area contributed by atoms with Gasteiger partial charge in [0.25, 0.3) is 0 Å². The number of nitrogens with one attached hydrogen (secondary N) is 1. The van der Waals surface area contributed by atoms with Gasteiger partial charge in [-0.25, -0.2) is 0 Å². The van der Waals surface area contributed by atoms with Gasteiger partial charge in [-0.05, 0) is 55.7 Å². The van der Waals surface area contributed by atoms with E-state index >= 15 is 0 Å². The summed E-state index contributed by atoms with van der Waals surface area (Å²) in [5.41, 5.74) is 3.05. The summed E-state index contributed by atoms with van der Waals surface area (Å²) in [6.45, 7) is 3.73. The predicted octanol–water partition coefficient (Wildman–Crippen LogP) is 2.83. The molecular formula is C17H24N2. The second kappa shape index (κ2) is 4.82. The molecule has 1 aromatic carbocycles. The molecule has 3 aliphatic rings. The molecule has 102 valence electrons. The summed E-state index contributed by atoms with van der Waals surface area (Å²) in [7, 11) is 0. The molecule has 0 radical (unpaired) electrons. The minimum absolute atomic E-state index is 0.735. The Morgan fingerprint density at radius 2 is 2.11 bits per heavy atom. The fourth-order valence-corrected chi connectivity index (χ4v) is 4.54. The lowest BCUT2D eigenvalue weighted by atomic mass is 9.93. The second-order valence-electron chi connectivity index (χ2n) is 6.55. The fraction of sp³-hybridized carbons (Fsp3) is 0.647. The molecule has 2 nitrogen and oxygen atoms in total. The highest BCUT2D eigenvalue weighted by atomic mass is 15.2. The highest BCUT2D eigenvalue weighted by molar-refractivity contribution is 5.55. The first-order chi connectivity index (χ1) is 9.42. The average molecular weight is 256 g/mol. The van der Waals surface area contributed by atoms with Gasteiger partial charge < -0.3 is 10.2 Å². The third kappa shape index (κ3) is 2.06. The molecule has 1 saturated carbocycles. The number of rotatable bonds is 2. The van der Waals surface area contributed by atoms with Crippen molar-refractivity contribution in [3.8, 4) is 0 Å². The van der Waals surface area contributed by atoms with Crippen LogP contribution in [0.1, 0.15) is 31.2 Å². The van der Waals surface area contributed by atoms with E-state index in [1.807, 2.05) is 0 Å². The second-order valence-corrected chi connectivity index (χ2v) is 6.55. The number of anilines is 1. The van der Waals surface area contributed by atoms with Crippen molar-refractivity contribution in [2.75, 3.05) is 24.5 Å². The predicted molar refractivity (Wildman–Crippen MR) is 79.6 cm³/mol. The molecule has 1 N–H and O–H groups in total. The highest BCUT2D eigenvalue weighted by Gasteiger charge is 2.39. The van der Waals surface area contributed by atoms with Gasteiger partial charge in [-0.15, -0.1) is 0 Å². The van der Waals surface area contributed by atoms with Crippen LogP contribution in [0.4, 0.5) is 5.69 Å². The zero-order chi connectivity index (χ0) is 12.7. The van der Waals surface area contributed by atoms with E-state index in [2.05, 4.69) is 34.5 Å². The van der Waals surface area contributed by atoms with Crippen molar-refractivity contribution in [1.82, 2.24) is 5.32 Å². The number of para-hydroxylation sites is 1. The van der Waals surface area contributed by atoms with Crippen molar-refractivity contribution in [3.05, 3.63) is 29.8 Å². The number of nitrogens with zero attached hydrogens (tertiary/aromatic N) is 1. The Labute approximate surface area is 116 Å². The summed E-state index contributed by atoms with van der Waals surface area (Å²) in [5, 5.41) is 3.80. The number of hydrogen-bond acceptors (Lipinski definition) is 2. The Bertz CT molecular complexity index is 456. The molecule has 0 aromatic heterocycles. The largest absolute Gasteiger partial charge is 0.370 e. The minimum atomic E-state index is 0.735. The van der Waals surface area contributed by atoms with Gasteiger partial charge in [0.1, 0.15) is 0 Å². The Morgan fingerprint density at radius 1 is 1.16 bits per heavy atom. The molecule has 1 aliphatic carbocycles. The van der Waals surface area contributed by atoms with Gasteiger partial charge in [-0.2, -0.15) is 0 Å². The summed E-state index contributed by atoms with van der Waals surface area (Å²) in [6.07, 6.45) is 6.96. The van der Waals surface area contributed by atoms with Crippen molar-refractivity contribution in [2.24, 2.45) is 11.8 Å². The lowest BCUT2D eigenvalue weighted by Gasteiger charge is -2.34. The maximum Gasteiger partial charge on any atom is 0.0399 e. The zero-order valence-corrected chi connectivity index (χ0v) is 11.6. The molecule has 2 heterocycles. The molecule has 19 heavy (non-hydrogen) atoms. The first-order valence-corrected chi connectivity index (χ1v) is 7.98. The smallest absolute Gasteiger partial charge is 0.0399 e. The van der Waals surface area contributed by atoms with E-state index < -0.39 is 0 Å². The summed E-state index contributed by atoms with van der Waals surface area (Å²) < 4.78 is 0. The van der Waals surface area contributed by atoms with Gasteiger partial charge in [-0.1, -0.05) is 24.6 Å². The molecule has 0 bridgehead atoms. The average Bonchev–Trinajstić information content (AvgIpc) is 3.04. The third-order valence-electron chi connectivity index (χ3n) is 5.50. The van der Waals surface area contributed by atoms with E-state index in [9.17, 15) is 0 Å². The van der Waals surface area contributed by atoms with E-state index in [1.54, 1.807) is 5.56 Å². The summed E-state index contributed by atoms with van der Waals surface area (Å²) in [5.74, 6) is 1.93. The molecule has 3 atom stereocenters. The Balaban J connectivity index is 1.52. The quantitative estimate of drug-likeness (QED) is 0.875. The number of hydrogen-bond donors (Lipinski definition) is 1. The van der Waals surface area contributed by atoms with Crippen LogP contribution in [0.2, 0.25) is 0 Å². The monoisotopic (exact) mass is 256 g/mol. The molecule has 1 saturated heterocycles. The first kappa shape index (κ1) is 11.8. The van der Waals surface area contributed by atoms with Gasteiger partial charge in [0.15, 0.2) is 0 Å². The molecule has 3 unspecified atom stereocenters. The van der Waals surface area contributed by atoms with E-state index in [-0.39, 0.29) is 0 Å². The fourth-order valence-electron chi connectivity index (χ4n) is 4.54. The van der Waals surface area contributed by atoms with E-state index in [0.717, 1.165) is 17.9 Å². The molecule has 2 aliphatic heterocycles. The van der Waals surface area contributed by atoms with E-state index in [4.69, 9.17) is 0 Å². The van der Waals surface area contributed by atoms with Crippen LogP contribution in [0, 0.1) is 11.8 Å². The maximum absolute atomic E-state index is 3.80.